The standard InChI is InChI=1S/C13H8Cl3/c14-13(15,16)12-8-6-11(7-9-12)10-4-2-1-3-5-10/h2-9H. The summed E-state index contributed by atoms with van der Waals surface area (Å²) in [7, 11) is 0. The summed E-state index contributed by atoms with van der Waals surface area (Å²) in [6.07, 6.45) is 0. The van der Waals surface area contributed by atoms with Crippen molar-refractivity contribution >= 4 is 34.8 Å². The van der Waals surface area contributed by atoms with Crippen molar-refractivity contribution in [2.24, 2.45) is 0 Å². The van der Waals surface area contributed by atoms with E-state index in [0.29, 0.717) is 5.56 Å². The van der Waals surface area contributed by atoms with Crippen LogP contribution >= 0.6 is 34.8 Å². The van der Waals surface area contributed by atoms with Crippen LogP contribution in [0, 0.1) is 6.07 Å². The van der Waals surface area contributed by atoms with Crippen molar-refractivity contribution in [3.8, 4) is 11.1 Å². The molecule has 0 amide bonds. The molecule has 0 atom stereocenters. The zero-order chi connectivity index (χ0) is 11.6. The number of hydrogen-bond acceptors (Lipinski definition) is 0. The van der Waals surface area contributed by atoms with Crippen molar-refractivity contribution in [3.05, 3.63) is 60.2 Å². The molecule has 0 aliphatic heterocycles. The summed E-state index contributed by atoms with van der Waals surface area (Å²) in [6, 6.07) is 18.2. The Morgan fingerprint density at radius 1 is 0.750 bits per heavy atom. The molecule has 2 aromatic rings. The Morgan fingerprint density at radius 2 is 1.25 bits per heavy atom. The molecule has 81 valence electrons. The predicted octanol–water partition coefficient (Wildman–Crippen LogP) is 4.98. The molecule has 0 spiro atoms. The fraction of sp³-hybridized carbons (Fsp3) is 0.0769. The Hall–Kier alpha value is -0.690. The van der Waals surface area contributed by atoms with Gasteiger partial charge in [-0.05, 0) is 17.2 Å². The molecule has 0 aromatic heterocycles. The summed E-state index contributed by atoms with van der Waals surface area (Å²) in [4.78, 5) is 0. The van der Waals surface area contributed by atoms with Gasteiger partial charge in [0.2, 0.25) is 3.79 Å². The molecule has 3 heteroatoms. The average molecular weight is 271 g/mol. The topological polar surface area (TPSA) is 0 Å². The third kappa shape index (κ3) is 2.70. The lowest BCUT2D eigenvalue weighted by Crippen LogP contribution is -1.98. The van der Waals surface area contributed by atoms with Gasteiger partial charge in [-0.3, -0.25) is 0 Å². The summed E-state index contributed by atoms with van der Waals surface area (Å²) >= 11 is 17.3. The van der Waals surface area contributed by atoms with E-state index < -0.39 is 3.79 Å². The molecular formula is C13H8Cl3. The first-order valence-electron chi connectivity index (χ1n) is 4.71. The van der Waals surface area contributed by atoms with Crippen LogP contribution in [0.15, 0.2) is 48.5 Å². The van der Waals surface area contributed by atoms with Gasteiger partial charge in [0.1, 0.15) is 0 Å². The maximum Gasteiger partial charge on any atom is 0.216 e. The van der Waals surface area contributed by atoms with Gasteiger partial charge in [-0.25, -0.2) is 0 Å². The van der Waals surface area contributed by atoms with E-state index in [9.17, 15) is 0 Å². The van der Waals surface area contributed by atoms with E-state index in [0.717, 1.165) is 11.1 Å². The molecule has 2 aromatic carbocycles. The Kier molecular flexibility index (Phi) is 3.44. The highest BCUT2D eigenvalue weighted by atomic mass is 35.6. The summed E-state index contributed by atoms with van der Waals surface area (Å²) in [5, 5.41) is 0. The number of alkyl halides is 3. The van der Waals surface area contributed by atoms with Gasteiger partial charge in [-0.1, -0.05) is 83.3 Å². The molecule has 0 aliphatic carbocycles. The lowest BCUT2D eigenvalue weighted by Gasteiger charge is -2.11. The molecule has 0 aliphatic rings. The molecule has 0 nitrogen and oxygen atoms in total. The van der Waals surface area contributed by atoms with E-state index in [2.05, 4.69) is 6.07 Å². The Balaban J connectivity index is 2.34. The van der Waals surface area contributed by atoms with Crippen LogP contribution in [0.25, 0.3) is 11.1 Å². The SMILES string of the molecule is ClC(Cl)(Cl)c1ccc(-c2cc[c]cc2)cc1. The van der Waals surface area contributed by atoms with E-state index in [-0.39, 0.29) is 0 Å². The van der Waals surface area contributed by atoms with Crippen LogP contribution in [0.3, 0.4) is 0 Å². The first-order chi connectivity index (χ1) is 7.57. The lowest BCUT2D eigenvalue weighted by atomic mass is 10.0. The first-order valence-corrected chi connectivity index (χ1v) is 5.84. The molecule has 0 unspecified atom stereocenters. The minimum absolute atomic E-state index is 0.670. The summed E-state index contributed by atoms with van der Waals surface area (Å²) in [6.45, 7) is 0. The fourth-order valence-electron chi connectivity index (χ4n) is 1.43. The largest absolute Gasteiger partial charge is 0.216 e. The number of hydrogen-bond donors (Lipinski definition) is 0. The van der Waals surface area contributed by atoms with Crippen LogP contribution in [0.5, 0.6) is 0 Å². The van der Waals surface area contributed by atoms with Crippen molar-refractivity contribution in [3.63, 3.8) is 0 Å². The van der Waals surface area contributed by atoms with Crippen LogP contribution in [0.4, 0.5) is 0 Å². The minimum atomic E-state index is -1.36. The molecule has 0 N–H and O–H groups in total. The van der Waals surface area contributed by atoms with Crippen LogP contribution in [0.1, 0.15) is 5.56 Å². The second-order valence-electron chi connectivity index (χ2n) is 3.36. The third-order valence-corrected chi connectivity index (χ3v) is 2.92. The summed E-state index contributed by atoms with van der Waals surface area (Å²) in [5.41, 5.74) is 2.88. The van der Waals surface area contributed by atoms with Gasteiger partial charge in [0, 0.05) is 5.56 Å². The number of benzene rings is 2. The van der Waals surface area contributed by atoms with Gasteiger partial charge in [0.15, 0.2) is 0 Å². The number of rotatable bonds is 1. The van der Waals surface area contributed by atoms with E-state index in [4.69, 9.17) is 34.8 Å². The Labute approximate surface area is 110 Å². The predicted molar refractivity (Wildman–Crippen MR) is 70.0 cm³/mol. The van der Waals surface area contributed by atoms with Gasteiger partial charge in [0.25, 0.3) is 0 Å². The average Bonchev–Trinajstić information content (AvgIpc) is 2.29. The molecule has 0 fully saturated rings. The van der Waals surface area contributed by atoms with E-state index in [1.54, 1.807) is 0 Å². The monoisotopic (exact) mass is 269 g/mol. The van der Waals surface area contributed by atoms with Crippen LogP contribution in [-0.4, -0.2) is 0 Å². The quantitative estimate of drug-likeness (QED) is 0.641. The number of halogens is 3. The van der Waals surface area contributed by atoms with Gasteiger partial charge in [-0.15, -0.1) is 0 Å². The molecule has 0 bridgehead atoms. The normalized spacial score (nSPS) is 11.4. The van der Waals surface area contributed by atoms with Crippen molar-refractivity contribution in [2.45, 2.75) is 3.79 Å². The second kappa shape index (κ2) is 4.67. The van der Waals surface area contributed by atoms with Crippen molar-refractivity contribution in [1.29, 1.82) is 0 Å². The fourth-order valence-corrected chi connectivity index (χ4v) is 1.81. The van der Waals surface area contributed by atoms with Crippen molar-refractivity contribution < 1.29 is 0 Å². The van der Waals surface area contributed by atoms with E-state index in [1.807, 2.05) is 48.5 Å². The zero-order valence-corrected chi connectivity index (χ0v) is 10.5. The molecule has 0 saturated carbocycles. The smallest absolute Gasteiger partial charge is 0.0784 e. The highest BCUT2D eigenvalue weighted by molar-refractivity contribution is 6.66. The second-order valence-corrected chi connectivity index (χ2v) is 5.65. The van der Waals surface area contributed by atoms with E-state index >= 15 is 0 Å². The Morgan fingerprint density at radius 3 is 1.75 bits per heavy atom. The molecule has 0 heterocycles. The Bertz CT molecular complexity index is 455. The van der Waals surface area contributed by atoms with E-state index in [1.165, 1.54) is 0 Å². The van der Waals surface area contributed by atoms with Gasteiger partial charge < -0.3 is 0 Å². The first kappa shape index (κ1) is 11.8. The lowest BCUT2D eigenvalue weighted by molar-refractivity contribution is 1.24. The third-order valence-electron chi connectivity index (χ3n) is 2.26. The van der Waals surface area contributed by atoms with Gasteiger partial charge in [-0.2, -0.15) is 0 Å². The van der Waals surface area contributed by atoms with Gasteiger partial charge >= 0.3 is 0 Å². The van der Waals surface area contributed by atoms with Gasteiger partial charge in [0.05, 0.1) is 0 Å². The molecule has 1 radical (unpaired) electrons. The molecular weight excluding hydrogens is 263 g/mol. The maximum absolute atomic E-state index is 5.78. The zero-order valence-electron chi connectivity index (χ0n) is 8.25. The molecule has 16 heavy (non-hydrogen) atoms. The summed E-state index contributed by atoms with van der Waals surface area (Å²) < 4.78 is -1.36. The highest BCUT2D eigenvalue weighted by Gasteiger charge is 2.22. The molecule has 2 rings (SSSR count). The van der Waals surface area contributed by atoms with Crippen LogP contribution in [-0.2, 0) is 3.79 Å². The summed E-state index contributed by atoms with van der Waals surface area (Å²) in [5.74, 6) is 0. The highest BCUT2D eigenvalue weighted by Crippen LogP contribution is 2.38. The van der Waals surface area contributed by atoms with Crippen molar-refractivity contribution in [2.75, 3.05) is 0 Å². The maximum atomic E-state index is 5.78. The van der Waals surface area contributed by atoms with Crippen LogP contribution < -0.4 is 0 Å². The van der Waals surface area contributed by atoms with Crippen LogP contribution in [0.2, 0.25) is 0 Å². The molecule has 0 saturated heterocycles. The minimum Gasteiger partial charge on any atom is -0.0784 e. The van der Waals surface area contributed by atoms with Crippen molar-refractivity contribution in [1.82, 2.24) is 0 Å².